The van der Waals surface area contributed by atoms with E-state index in [9.17, 15) is 22.8 Å². The van der Waals surface area contributed by atoms with E-state index in [-0.39, 0.29) is 23.0 Å². The first-order valence-electron chi connectivity index (χ1n) is 10.5. The molecule has 1 N–H and O–H groups in total. The van der Waals surface area contributed by atoms with E-state index in [1.807, 2.05) is 13.8 Å². The average molecular weight is 494 g/mol. The third-order valence-corrected chi connectivity index (χ3v) is 6.06. The molecule has 180 valence electrons. The van der Waals surface area contributed by atoms with Gasteiger partial charge in [-0.25, -0.2) is 0 Å². The van der Waals surface area contributed by atoms with Gasteiger partial charge in [-0.3, -0.25) is 19.1 Å². The van der Waals surface area contributed by atoms with Crippen LogP contribution in [0.5, 0.6) is 0 Å². The second kappa shape index (κ2) is 9.53. The summed E-state index contributed by atoms with van der Waals surface area (Å²) in [5, 5.41) is 11.1. The molecule has 0 fully saturated rings. The fourth-order valence-corrected chi connectivity index (χ4v) is 4.51. The molecule has 34 heavy (non-hydrogen) atoms. The molecule has 3 heterocycles. The third-order valence-electron chi connectivity index (χ3n) is 5.11. The predicted octanol–water partition coefficient (Wildman–Crippen LogP) is 4.59. The van der Waals surface area contributed by atoms with E-state index >= 15 is 0 Å². The van der Waals surface area contributed by atoms with Crippen molar-refractivity contribution in [3.05, 3.63) is 42.7 Å². The van der Waals surface area contributed by atoms with Gasteiger partial charge in [-0.05, 0) is 30.2 Å². The molecule has 8 nitrogen and oxygen atoms in total. The number of carbonyl (C=O) groups excluding carboxylic acids is 2. The van der Waals surface area contributed by atoms with Crippen LogP contribution in [-0.2, 0) is 16.1 Å². The molecule has 3 aromatic rings. The highest BCUT2D eigenvalue weighted by Crippen LogP contribution is 2.38. The van der Waals surface area contributed by atoms with E-state index in [0.717, 1.165) is 11.8 Å². The number of anilines is 2. The number of furan rings is 1. The number of fused-ring (bicyclic) bond motifs is 1. The van der Waals surface area contributed by atoms with Gasteiger partial charge in [0.05, 0.1) is 29.8 Å². The summed E-state index contributed by atoms with van der Waals surface area (Å²) in [6.07, 6.45) is -4.18. The molecule has 0 aliphatic carbocycles. The van der Waals surface area contributed by atoms with Crippen molar-refractivity contribution in [3.63, 3.8) is 0 Å². The van der Waals surface area contributed by atoms with Gasteiger partial charge in [0, 0.05) is 6.54 Å². The second-order valence-corrected chi connectivity index (χ2v) is 9.11. The Morgan fingerprint density at radius 1 is 1.24 bits per heavy atom. The Bertz CT molecular complexity index is 1180. The summed E-state index contributed by atoms with van der Waals surface area (Å²) >= 11 is 0.988. The first kappa shape index (κ1) is 23.9. The molecule has 0 saturated carbocycles. The molecule has 12 heteroatoms. The van der Waals surface area contributed by atoms with Gasteiger partial charge in [0.2, 0.25) is 11.8 Å². The zero-order chi connectivity index (χ0) is 24.5. The maximum absolute atomic E-state index is 13.9. The Kier molecular flexibility index (Phi) is 6.69. The van der Waals surface area contributed by atoms with Gasteiger partial charge in [-0.2, -0.15) is 13.2 Å². The largest absolute Gasteiger partial charge is 0.461 e. The van der Waals surface area contributed by atoms with Crippen LogP contribution >= 0.6 is 11.8 Å². The van der Waals surface area contributed by atoms with Gasteiger partial charge in [0.15, 0.2) is 16.7 Å². The fourth-order valence-electron chi connectivity index (χ4n) is 3.70. The van der Waals surface area contributed by atoms with E-state index in [0.29, 0.717) is 28.2 Å². The van der Waals surface area contributed by atoms with Crippen LogP contribution in [0.25, 0.3) is 11.6 Å². The van der Waals surface area contributed by atoms with Crippen LogP contribution < -0.4 is 10.2 Å². The lowest BCUT2D eigenvalue weighted by Gasteiger charge is -2.31. The van der Waals surface area contributed by atoms with E-state index in [4.69, 9.17) is 4.42 Å². The van der Waals surface area contributed by atoms with E-state index in [1.54, 1.807) is 22.8 Å². The van der Waals surface area contributed by atoms with Gasteiger partial charge in [-0.15, -0.1) is 10.2 Å². The zero-order valence-corrected chi connectivity index (χ0v) is 19.2. The Hall–Kier alpha value is -3.28. The summed E-state index contributed by atoms with van der Waals surface area (Å²) in [5.41, 5.74) is 0.155. The molecule has 4 rings (SSSR count). The van der Waals surface area contributed by atoms with Gasteiger partial charge < -0.3 is 9.73 Å². The monoisotopic (exact) mass is 493 g/mol. The number of hydrogen-bond acceptors (Lipinski definition) is 6. The molecule has 0 saturated heterocycles. The van der Waals surface area contributed by atoms with E-state index in [1.165, 1.54) is 24.5 Å². The molecule has 0 bridgehead atoms. The number of halogens is 3. The lowest BCUT2D eigenvalue weighted by molar-refractivity contribution is -0.157. The van der Waals surface area contributed by atoms with Gasteiger partial charge in [0.1, 0.15) is 6.04 Å². The Morgan fingerprint density at radius 2 is 2.00 bits per heavy atom. The molecule has 1 atom stereocenters. The lowest BCUT2D eigenvalue weighted by atomic mass is 10.1. The highest BCUT2D eigenvalue weighted by molar-refractivity contribution is 7.99. The number of rotatable bonds is 6. The zero-order valence-electron chi connectivity index (χ0n) is 18.4. The minimum Gasteiger partial charge on any atom is -0.461 e. The number of aromatic nitrogens is 3. The van der Waals surface area contributed by atoms with Crippen LogP contribution in [0, 0.1) is 5.92 Å². The van der Waals surface area contributed by atoms with Crippen LogP contribution in [0.2, 0.25) is 0 Å². The predicted molar refractivity (Wildman–Crippen MR) is 120 cm³/mol. The number of alkyl halides is 3. The van der Waals surface area contributed by atoms with Crippen LogP contribution in [-0.4, -0.2) is 44.5 Å². The van der Waals surface area contributed by atoms with E-state index < -0.39 is 30.5 Å². The molecule has 1 unspecified atom stereocenters. The van der Waals surface area contributed by atoms with Crippen LogP contribution in [0.1, 0.15) is 20.3 Å². The smallest absolute Gasteiger partial charge is 0.409 e. The number of para-hydroxylation sites is 2. The standard InChI is InChI=1S/C22H22F3N5O3S/c1-13(2)11-29-20(16-8-5-9-33-16)27-28-21(29)34-12-19(32)30-15-7-4-3-6-14(15)26-18(31)10-17(30)22(23,24)25/h3-9,13,17H,10-12H2,1-2H3,(H,26,31). The summed E-state index contributed by atoms with van der Waals surface area (Å²) in [6.45, 7) is 4.52. The average Bonchev–Trinajstić information content (AvgIpc) is 3.38. The van der Waals surface area contributed by atoms with Gasteiger partial charge >= 0.3 is 6.18 Å². The molecular formula is C22H22F3N5O3S. The molecule has 2 amide bonds. The number of hydrogen-bond donors (Lipinski definition) is 1. The molecule has 1 aliphatic rings. The van der Waals surface area contributed by atoms with Crippen molar-refractivity contribution in [3.8, 4) is 11.6 Å². The quantitative estimate of drug-likeness (QED) is 0.505. The maximum Gasteiger partial charge on any atom is 0.409 e. The highest BCUT2D eigenvalue weighted by atomic mass is 32.2. The van der Waals surface area contributed by atoms with Crippen molar-refractivity contribution in [2.24, 2.45) is 5.92 Å². The molecule has 1 aromatic carbocycles. The molecule has 0 radical (unpaired) electrons. The van der Waals surface area contributed by atoms with Crippen LogP contribution in [0.15, 0.2) is 52.2 Å². The number of benzene rings is 1. The molecule has 1 aliphatic heterocycles. The number of nitrogens with zero attached hydrogens (tertiary/aromatic N) is 4. The molecule has 2 aromatic heterocycles. The molecular weight excluding hydrogens is 471 g/mol. The fraction of sp³-hybridized carbons (Fsp3) is 0.364. The maximum atomic E-state index is 13.9. The minimum atomic E-state index is -4.79. The van der Waals surface area contributed by atoms with Crippen molar-refractivity contribution in [1.29, 1.82) is 0 Å². The van der Waals surface area contributed by atoms with Crippen molar-refractivity contribution in [2.45, 2.75) is 44.2 Å². The normalized spacial score (nSPS) is 16.4. The van der Waals surface area contributed by atoms with Crippen LogP contribution in [0.3, 0.4) is 0 Å². The lowest BCUT2D eigenvalue weighted by Crippen LogP contribution is -2.50. The first-order chi connectivity index (χ1) is 16.1. The number of nitrogens with one attached hydrogen (secondary N) is 1. The van der Waals surface area contributed by atoms with Gasteiger partial charge in [0.25, 0.3) is 0 Å². The van der Waals surface area contributed by atoms with Crippen molar-refractivity contribution < 1.29 is 27.2 Å². The van der Waals surface area contributed by atoms with E-state index in [2.05, 4.69) is 15.5 Å². The Balaban J connectivity index is 1.63. The number of thioether (sulfide) groups is 1. The first-order valence-corrected chi connectivity index (χ1v) is 11.5. The van der Waals surface area contributed by atoms with Crippen molar-refractivity contribution in [1.82, 2.24) is 14.8 Å². The third kappa shape index (κ3) is 4.96. The Morgan fingerprint density at radius 3 is 2.68 bits per heavy atom. The van der Waals surface area contributed by atoms with Gasteiger partial charge in [-0.1, -0.05) is 37.7 Å². The number of amides is 2. The highest BCUT2D eigenvalue weighted by Gasteiger charge is 2.49. The minimum absolute atomic E-state index is 0.00111. The van der Waals surface area contributed by atoms with Crippen LogP contribution in [0.4, 0.5) is 24.5 Å². The van der Waals surface area contributed by atoms with Crippen molar-refractivity contribution in [2.75, 3.05) is 16.0 Å². The summed E-state index contributed by atoms with van der Waals surface area (Å²) in [7, 11) is 0. The topological polar surface area (TPSA) is 93.3 Å². The summed E-state index contributed by atoms with van der Waals surface area (Å²) in [5.74, 6) is -0.758. The Labute approximate surface area is 197 Å². The molecule has 0 spiro atoms. The number of carbonyl (C=O) groups is 2. The summed E-state index contributed by atoms with van der Waals surface area (Å²) < 4.78 is 48.9. The summed E-state index contributed by atoms with van der Waals surface area (Å²) in [4.78, 5) is 26.0. The summed E-state index contributed by atoms with van der Waals surface area (Å²) in [6, 6.07) is 7.11. The second-order valence-electron chi connectivity index (χ2n) is 8.17. The SMILES string of the molecule is CC(C)Cn1c(SCC(=O)N2c3ccccc3NC(=O)CC2C(F)(F)F)nnc1-c1ccco1. The van der Waals surface area contributed by atoms with Crippen molar-refractivity contribution >= 4 is 35.0 Å².